The van der Waals surface area contributed by atoms with E-state index in [1.54, 1.807) is 6.92 Å². The molecule has 0 aromatic heterocycles. The van der Waals surface area contributed by atoms with Gasteiger partial charge in [0.1, 0.15) is 29.2 Å². The minimum atomic E-state index is -0.834. The minimum absolute atomic E-state index is 0.140. The van der Waals surface area contributed by atoms with E-state index in [1.807, 2.05) is 39.8 Å². The normalized spacial score (nSPS) is 40.2. The number of methoxy groups -OCH3 is 1. The molecule has 8 heteroatoms. The minimum Gasteiger partial charge on any atom is -0.487 e. The second-order valence-electron chi connectivity index (χ2n) is 11.0. The second kappa shape index (κ2) is 8.95. The molecule has 0 aromatic rings. The second-order valence-corrected chi connectivity index (χ2v) is 11.0. The SMILES string of the molecule is CCCC(=O)OC1CCC2(C)C=CC(C(C)C(=O)OC)=C(O2)C2[C@@]3(C)OC3CC(OC(C)=O)[C@]12C. The van der Waals surface area contributed by atoms with Gasteiger partial charge in [-0.25, -0.2) is 0 Å². The van der Waals surface area contributed by atoms with Gasteiger partial charge >= 0.3 is 17.9 Å². The van der Waals surface area contributed by atoms with Crippen LogP contribution in [-0.4, -0.2) is 54.5 Å². The number of hydrogen-bond donors (Lipinski definition) is 0. The van der Waals surface area contributed by atoms with Gasteiger partial charge in [-0.15, -0.1) is 0 Å². The topological polar surface area (TPSA) is 101 Å². The third-order valence-electron chi connectivity index (χ3n) is 8.45. The van der Waals surface area contributed by atoms with Gasteiger partial charge in [-0.1, -0.05) is 19.9 Å². The van der Waals surface area contributed by atoms with E-state index in [0.29, 0.717) is 43.4 Å². The first-order chi connectivity index (χ1) is 16.4. The maximum Gasteiger partial charge on any atom is 0.312 e. The zero-order valence-corrected chi connectivity index (χ0v) is 21.8. The van der Waals surface area contributed by atoms with Crippen LogP contribution in [0.3, 0.4) is 0 Å². The van der Waals surface area contributed by atoms with Crippen LogP contribution in [-0.2, 0) is 38.1 Å². The molecule has 35 heavy (non-hydrogen) atoms. The molecule has 1 aliphatic carbocycles. The average Bonchev–Trinajstić information content (AvgIpc) is 3.44. The summed E-state index contributed by atoms with van der Waals surface area (Å²) in [4.78, 5) is 37.6. The predicted molar refractivity (Wildman–Crippen MR) is 126 cm³/mol. The highest BCUT2D eigenvalue weighted by molar-refractivity contribution is 5.76. The van der Waals surface area contributed by atoms with Crippen molar-refractivity contribution < 1.29 is 38.1 Å². The Bertz CT molecular complexity index is 968. The van der Waals surface area contributed by atoms with Gasteiger partial charge in [0.25, 0.3) is 0 Å². The molecule has 8 atom stereocenters. The van der Waals surface area contributed by atoms with Crippen LogP contribution in [0.4, 0.5) is 0 Å². The van der Waals surface area contributed by atoms with Crippen LogP contribution >= 0.6 is 0 Å². The molecule has 3 aliphatic heterocycles. The molecule has 3 heterocycles. The highest BCUT2D eigenvalue weighted by Crippen LogP contribution is 2.65. The van der Waals surface area contributed by atoms with Crippen LogP contribution < -0.4 is 0 Å². The largest absolute Gasteiger partial charge is 0.487 e. The summed E-state index contributed by atoms with van der Waals surface area (Å²) in [6, 6.07) is 0. The lowest BCUT2D eigenvalue weighted by Gasteiger charge is -2.54. The summed E-state index contributed by atoms with van der Waals surface area (Å²) in [7, 11) is 1.37. The summed E-state index contributed by atoms with van der Waals surface area (Å²) < 4.78 is 30.1. The zero-order valence-electron chi connectivity index (χ0n) is 21.8. The van der Waals surface area contributed by atoms with Crippen LogP contribution in [0.1, 0.15) is 73.6 Å². The van der Waals surface area contributed by atoms with E-state index in [0.717, 1.165) is 0 Å². The van der Waals surface area contributed by atoms with E-state index in [-0.39, 0.29) is 18.0 Å². The molecule has 2 bridgehead atoms. The molecule has 4 rings (SSSR count). The van der Waals surface area contributed by atoms with Gasteiger partial charge in [0.05, 0.1) is 30.5 Å². The Morgan fingerprint density at radius 1 is 1.17 bits per heavy atom. The fourth-order valence-electron chi connectivity index (χ4n) is 6.42. The van der Waals surface area contributed by atoms with Crippen LogP contribution in [0.2, 0.25) is 0 Å². The van der Waals surface area contributed by atoms with Crippen molar-refractivity contribution in [3.05, 3.63) is 23.5 Å². The molecule has 4 aliphatic rings. The fraction of sp³-hybridized carbons (Fsp3) is 0.741. The Kier molecular flexibility index (Phi) is 6.58. The summed E-state index contributed by atoms with van der Waals surface area (Å²) in [5.74, 6) is -1.39. The molecule has 0 amide bonds. The van der Waals surface area contributed by atoms with Crippen molar-refractivity contribution >= 4 is 17.9 Å². The van der Waals surface area contributed by atoms with Gasteiger partial charge in [0, 0.05) is 25.3 Å². The zero-order chi connectivity index (χ0) is 25.8. The lowest BCUT2D eigenvalue weighted by Crippen LogP contribution is -2.61. The number of esters is 3. The Morgan fingerprint density at radius 3 is 2.51 bits per heavy atom. The van der Waals surface area contributed by atoms with E-state index in [9.17, 15) is 14.4 Å². The van der Waals surface area contributed by atoms with Crippen molar-refractivity contribution in [1.82, 2.24) is 0 Å². The Hall–Kier alpha value is -2.35. The molecule has 8 nitrogen and oxygen atoms in total. The molecule has 0 spiro atoms. The first-order valence-corrected chi connectivity index (χ1v) is 12.6. The lowest BCUT2D eigenvalue weighted by atomic mass is 9.55. The molecule has 0 aromatic carbocycles. The summed E-state index contributed by atoms with van der Waals surface area (Å²) in [6.45, 7) is 11.2. The van der Waals surface area contributed by atoms with Gasteiger partial charge in [-0.3, -0.25) is 14.4 Å². The van der Waals surface area contributed by atoms with E-state index in [1.165, 1.54) is 14.0 Å². The Morgan fingerprint density at radius 2 is 1.89 bits per heavy atom. The highest BCUT2D eigenvalue weighted by atomic mass is 16.6. The monoisotopic (exact) mass is 490 g/mol. The predicted octanol–water partition coefficient (Wildman–Crippen LogP) is 4.02. The molecular weight excluding hydrogens is 452 g/mol. The van der Waals surface area contributed by atoms with Crippen molar-refractivity contribution in [2.24, 2.45) is 17.3 Å². The third kappa shape index (κ3) is 4.28. The maximum absolute atomic E-state index is 12.8. The number of ether oxygens (including phenoxy) is 5. The number of rotatable bonds is 6. The van der Waals surface area contributed by atoms with Crippen molar-refractivity contribution in [2.45, 2.75) is 103 Å². The van der Waals surface area contributed by atoms with E-state index < -0.39 is 46.6 Å². The van der Waals surface area contributed by atoms with Crippen LogP contribution in [0.25, 0.3) is 0 Å². The fourth-order valence-corrected chi connectivity index (χ4v) is 6.42. The third-order valence-corrected chi connectivity index (χ3v) is 8.45. The number of carbonyl (C=O) groups excluding carboxylic acids is 3. The number of allylic oxidation sites excluding steroid dienone is 1. The van der Waals surface area contributed by atoms with Crippen LogP contribution in [0, 0.1) is 17.3 Å². The molecule has 6 unspecified atom stereocenters. The molecular formula is C27H38O8. The number of fused-ring (bicyclic) bond motifs is 6. The summed E-state index contributed by atoms with van der Waals surface area (Å²) in [5, 5.41) is 0. The summed E-state index contributed by atoms with van der Waals surface area (Å²) in [6.07, 6.45) is 5.34. The van der Waals surface area contributed by atoms with Crippen molar-refractivity contribution in [3.8, 4) is 0 Å². The number of hydrogen-bond acceptors (Lipinski definition) is 8. The van der Waals surface area contributed by atoms with E-state index >= 15 is 0 Å². The molecule has 2 saturated heterocycles. The molecule has 0 radical (unpaired) electrons. The van der Waals surface area contributed by atoms with Gasteiger partial charge in [0.2, 0.25) is 0 Å². The van der Waals surface area contributed by atoms with Crippen molar-refractivity contribution in [2.75, 3.05) is 7.11 Å². The van der Waals surface area contributed by atoms with Gasteiger partial charge in [0.15, 0.2) is 0 Å². The van der Waals surface area contributed by atoms with E-state index in [2.05, 4.69) is 0 Å². The number of epoxide rings is 1. The standard InChI is InChI=1S/C27H38O8/c1-8-9-21(29)33-18-11-13-25(4)12-10-17(15(2)24(30)31-7)22(35-25)23-26(18,5)19(32-16(3)28)14-20-27(23,6)34-20/h10,12,15,18-20,23H,8-9,11,13-14H2,1-7H3/t15?,18?,19?,20?,23?,25?,26-,27-/m0/s1. The number of carbonyl (C=O) groups is 3. The van der Waals surface area contributed by atoms with Gasteiger partial charge in [-0.05, 0) is 46.1 Å². The van der Waals surface area contributed by atoms with Crippen molar-refractivity contribution in [1.29, 1.82) is 0 Å². The smallest absolute Gasteiger partial charge is 0.312 e. The Labute approximate surface area is 207 Å². The average molecular weight is 491 g/mol. The summed E-state index contributed by atoms with van der Waals surface area (Å²) in [5.41, 5.74) is -1.37. The first kappa shape index (κ1) is 25.7. The molecule has 0 N–H and O–H groups in total. The Balaban J connectivity index is 1.91. The van der Waals surface area contributed by atoms with Crippen molar-refractivity contribution in [3.63, 3.8) is 0 Å². The van der Waals surface area contributed by atoms with Gasteiger partial charge in [-0.2, -0.15) is 0 Å². The highest BCUT2D eigenvalue weighted by Gasteiger charge is 2.74. The summed E-state index contributed by atoms with van der Waals surface area (Å²) >= 11 is 0. The quantitative estimate of drug-likeness (QED) is 0.313. The lowest BCUT2D eigenvalue weighted by molar-refractivity contribution is -0.196. The molecule has 1 saturated carbocycles. The van der Waals surface area contributed by atoms with E-state index in [4.69, 9.17) is 23.7 Å². The van der Waals surface area contributed by atoms with Crippen LogP contribution in [0.5, 0.6) is 0 Å². The van der Waals surface area contributed by atoms with Crippen LogP contribution in [0.15, 0.2) is 23.5 Å². The van der Waals surface area contributed by atoms with Gasteiger partial charge < -0.3 is 23.7 Å². The maximum atomic E-state index is 12.8. The first-order valence-electron chi connectivity index (χ1n) is 12.6. The molecule has 194 valence electrons. The molecule has 3 fully saturated rings.